The fourth-order valence-electron chi connectivity index (χ4n) is 1.49. The van der Waals surface area contributed by atoms with Gasteiger partial charge >= 0.3 is 18.1 Å². The molecule has 0 heterocycles. The van der Waals surface area contributed by atoms with Crippen molar-refractivity contribution in [1.82, 2.24) is 5.32 Å². The van der Waals surface area contributed by atoms with Crippen molar-refractivity contribution >= 4 is 11.9 Å². The number of hydrogen-bond donors (Lipinski definition) is 2. The monoisotopic (exact) mass is 351 g/mol. The van der Waals surface area contributed by atoms with Gasteiger partial charge in [-0.05, 0) is 31.7 Å². The van der Waals surface area contributed by atoms with Crippen LogP contribution in [0.1, 0.15) is 25.3 Å². The Morgan fingerprint density at radius 2 is 1.88 bits per heavy atom. The van der Waals surface area contributed by atoms with Crippen LogP contribution in [0, 0.1) is 0 Å². The lowest BCUT2D eigenvalue weighted by Gasteiger charge is -2.11. The van der Waals surface area contributed by atoms with E-state index in [0.717, 1.165) is 17.7 Å². The third kappa shape index (κ3) is 8.37. The van der Waals surface area contributed by atoms with E-state index in [9.17, 15) is 18.0 Å². The minimum atomic E-state index is -5.08. The van der Waals surface area contributed by atoms with Gasteiger partial charge in [0, 0.05) is 18.5 Å². The molecule has 9 heteroatoms. The molecule has 0 radical (unpaired) electrons. The average Bonchev–Trinajstić information content (AvgIpc) is 2.49. The second-order valence-corrected chi connectivity index (χ2v) is 4.53. The lowest BCUT2D eigenvalue weighted by atomic mass is 10.2. The van der Waals surface area contributed by atoms with Crippen LogP contribution in [0.2, 0.25) is 0 Å². The number of esters is 1. The molecular weight excluding hydrogens is 331 g/mol. The van der Waals surface area contributed by atoms with Crippen molar-refractivity contribution in [1.29, 1.82) is 0 Å². The molecule has 0 saturated carbocycles. The Hall–Kier alpha value is -2.29. The number of rotatable bonds is 6. The van der Waals surface area contributed by atoms with Crippen LogP contribution in [-0.2, 0) is 16.1 Å². The standard InChI is InChI=1S/C13H19NO3.C2HF3O2/c1-4-5-13(15)17-12-7-6-11(16-3)8-10(12)9-14-2;3-2(4,5)1(6)7/h6-8,14H,4-5,9H2,1-3H3;(H,6,7). The van der Waals surface area contributed by atoms with Crippen molar-refractivity contribution < 1.29 is 37.3 Å². The van der Waals surface area contributed by atoms with Crippen LogP contribution in [0.4, 0.5) is 13.2 Å². The zero-order valence-electron chi connectivity index (χ0n) is 13.6. The first kappa shape index (κ1) is 21.7. The molecule has 1 rings (SSSR count). The second-order valence-electron chi connectivity index (χ2n) is 4.53. The van der Waals surface area contributed by atoms with Gasteiger partial charge in [0.15, 0.2) is 0 Å². The van der Waals surface area contributed by atoms with Gasteiger partial charge in [-0.15, -0.1) is 0 Å². The predicted molar refractivity (Wildman–Crippen MR) is 80.0 cm³/mol. The first-order valence-corrected chi connectivity index (χ1v) is 6.98. The highest BCUT2D eigenvalue weighted by Crippen LogP contribution is 2.24. The lowest BCUT2D eigenvalue weighted by molar-refractivity contribution is -0.192. The number of carboxylic acids is 1. The molecule has 1 aromatic rings. The molecule has 136 valence electrons. The van der Waals surface area contributed by atoms with Gasteiger partial charge in [-0.3, -0.25) is 4.79 Å². The zero-order valence-corrected chi connectivity index (χ0v) is 13.6. The topological polar surface area (TPSA) is 84.9 Å². The molecule has 0 spiro atoms. The van der Waals surface area contributed by atoms with Crippen molar-refractivity contribution in [3.8, 4) is 11.5 Å². The van der Waals surface area contributed by atoms with Crippen molar-refractivity contribution in [2.24, 2.45) is 0 Å². The van der Waals surface area contributed by atoms with E-state index in [-0.39, 0.29) is 5.97 Å². The van der Waals surface area contributed by atoms with Crippen molar-refractivity contribution in [3.05, 3.63) is 23.8 Å². The molecule has 0 unspecified atom stereocenters. The van der Waals surface area contributed by atoms with Gasteiger partial charge in [-0.2, -0.15) is 13.2 Å². The van der Waals surface area contributed by atoms with Gasteiger partial charge in [0.2, 0.25) is 0 Å². The Kier molecular flexibility index (Phi) is 9.48. The summed E-state index contributed by atoms with van der Waals surface area (Å²) in [5.74, 6) is -1.60. The summed E-state index contributed by atoms with van der Waals surface area (Å²) in [6.45, 7) is 2.58. The Bertz CT molecular complexity index is 546. The van der Waals surface area contributed by atoms with Gasteiger partial charge in [0.25, 0.3) is 0 Å². The third-order valence-electron chi connectivity index (χ3n) is 2.56. The lowest BCUT2D eigenvalue weighted by Crippen LogP contribution is -2.21. The van der Waals surface area contributed by atoms with Crippen LogP contribution in [0.25, 0.3) is 0 Å². The number of aliphatic carboxylic acids is 1. The average molecular weight is 351 g/mol. The first-order chi connectivity index (χ1) is 11.1. The molecule has 0 fully saturated rings. The highest BCUT2D eigenvalue weighted by molar-refractivity contribution is 5.73. The molecule has 2 N–H and O–H groups in total. The molecular formula is C15H20F3NO5. The van der Waals surface area contributed by atoms with E-state index in [1.165, 1.54) is 0 Å². The maximum absolute atomic E-state index is 11.4. The molecule has 0 bridgehead atoms. The number of benzene rings is 1. The summed E-state index contributed by atoms with van der Waals surface area (Å²) in [5, 5.41) is 10.2. The van der Waals surface area contributed by atoms with Crippen LogP contribution in [-0.4, -0.2) is 37.4 Å². The fraction of sp³-hybridized carbons (Fsp3) is 0.467. The fourth-order valence-corrected chi connectivity index (χ4v) is 1.49. The van der Waals surface area contributed by atoms with E-state index >= 15 is 0 Å². The van der Waals surface area contributed by atoms with E-state index in [0.29, 0.717) is 18.7 Å². The van der Waals surface area contributed by atoms with E-state index < -0.39 is 12.1 Å². The number of carboxylic acid groups (broad SMARTS) is 1. The molecule has 6 nitrogen and oxygen atoms in total. The van der Waals surface area contributed by atoms with Crippen molar-refractivity contribution in [3.63, 3.8) is 0 Å². The van der Waals surface area contributed by atoms with Gasteiger partial charge in [-0.25, -0.2) is 4.79 Å². The molecule has 24 heavy (non-hydrogen) atoms. The van der Waals surface area contributed by atoms with E-state index in [2.05, 4.69) is 5.32 Å². The van der Waals surface area contributed by atoms with Gasteiger partial charge in [-0.1, -0.05) is 6.92 Å². The molecule has 0 aromatic heterocycles. The molecule has 0 atom stereocenters. The molecule has 0 saturated heterocycles. The van der Waals surface area contributed by atoms with Gasteiger partial charge < -0.3 is 19.9 Å². The second kappa shape index (κ2) is 10.5. The third-order valence-corrected chi connectivity index (χ3v) is 2.56. The van der Waals surface area contributed by atoms with Crippen LogP contribution in [0.3, 0.4) is 0 Å². The van der Waals surface area contributed by atoms with E-state index in [4.69, 9.17) is 19.4 Å². The van der Waals surface area contributed by atoms with Gasteiger partial charge in [0.1, 0.15) is 11.5 Å². The summed E-state index contributed by atoms with van der Waals surface area (Å²) >= 11 is 0. The van der Waals surface area contributed by atoms with Crippen molar-refractivity contribution in [2.75, 3.05) is 14.2 Å². The summed E-state index contributed by atoms with van der Waals surface area (Å²) < 4.78 is 42.2. The van der Waals surface area contributed by atoms with Crippen molar-refractivity contribution in [2.45, 2.75) is 32.5 Å². The number of nitrogens with one attached hydrogen (secondary N) is 1. The number of halogens is 3. The van der Waals surface area contributed by atoms with Crippen LogP contribution in [0.5, 0.6) is 11.5 Å². The molecule has 0 aliphatic carbocycles. The quantitative estimate of drug-likeness (QED) is 0.606. The highest BCUT2D eigenvalue weighted by atomic mass is 19.4. The minimum absolute atomic E-state index is 0.199. The summed E-state index contributed by atoms with van der Waals surface area (Å²) in [6.07, 6.45) is -3.86. The maximum atomic E-state index is 11.4. The number of methoxy groups -OCH3 is 1. The SMILES string of the molecule is CCCC(=O)Oc1ccc(OC)cc1CNC.O=C(O)C(F)(F)F. The number of ether oxygens (including phenoxy) is 2. The van der Waals surface area contributed by atoms with Gasteiger partial charge in [0.05, 0.1) is 7.11 Å². The van der Waals surface area contributed by atoms with E-state index in [1.54, 1.807) is 19.2 Å². The Morgan fingerprint density at radius 3 is 2.29 bits per heavy atom. The largest absolute Gasteiger partial charge is 0.497 e. The summed E-state index contributed by atoms with van der Waals surface area (Å²) in [7, 11) is 3.46. The number of hydrogen-bond acceptors (Lipinski definition) is 5. The summed E-state index contributed by atoms with van der Waals surface area (Å²) in [5.41, 5.74) is 0.913. The number of carbonyl (C=O) groups is 2. The minimum Gasteiger partial charge on any atom is -0.497 e. The smallest absolute Gasteiger partial charge is 0.490 e. The van der Waals surface area contributed by atoms with E-state index in [1.807, 2.05) is 20.0 Å². The predicted octanol–water partition coefficient (Wildman–Crippen LogP) is 2.75. The summed E-state index contributed by atoms with van der Waals surface area (Å²) in [4.78, 5) is 20.3. The Morgan fingerprint density at radius 1 is 1.29 bits per heavy atom. The normalized spacial score (nSPS) is 10.4. The maximum Gasteiger partial charge on any atom is 0.490 e. The highest BCUT2D eigenvalue weighted by Gasteiger charge is 2.38. The Labute approximate surface area is 137 Å². The number of alkyl halides is 3. The molecule has 1 aromatic carbocycles. The number of carbonyl (C=O) groups excluding carboxylic acids is 1. The van der Waals surface area contributed by atoms with Crippen LogP contribution >= 0.6 is 0 Å². The molecule has 0 amide bonds. The molecule has 0 aliphatic rings. The first-order valence-electron chi connectivity index (χ1n) is 6.98. The Balaban J connectivity index is 0.000000640. The zero-order chi connectivity index (χ0) is 18.8. The van der Waals surface area contributed by atoms with Crippen LogP contribution in [0.15, 0.2) is 18.2 Å². The summed E-state index contributed by atoms with van der Waals surface area (Å²) in [6, 6.07) is 5.41. The van der Waals surface area contributed by atoms with Crippen LogP contribution < -0.4 is 14.8 Å². The molecule has 0 aliphatic heterocycles.